The van der Waals surface area contributed by atoms with Crippen LogP contribution in [0.15, 0.2) is 217 Å². The number of pyridine rings is 3. The minimum atomic E-state index is -0.735. The molecule has 0 radical (unpaired) electrons. The molecule has 0 saturated heterocycles. The molecule has 0 spiro atoms. The molecule has 9 aliphatic rings. The van der Waals surface area contributed by atoms with E-state index in [-0.39, 0.29) is 111 Å². The van der Waals surface area contributed by atoms with Gasteiger partial charge in [0.2, 0.25) is 28.7 Å². The standard InChI is InChI=1S/C31H24F2N4O.C28H28N4O2.C28H26N4O.C27H23FN4O/c1-16-14-21(18-9-7-11-24(33)27(18)35-16)30-36-26(19-8-5-6-10-23(19)32)20-12-13-22-17(2)28(38)25(34-4)15-31(22,3)29(20)37-30;1-17-22-13-12-21-24(19-9-6-5-7-10-19)30-27(20-11-8-14-32(16-20)18(2)33)31-26(21)28(22,3)15-23(29-4)25(17)34;1-16-6-8-19(9-7-16)24-21-10-11-22-18(3)25(33)23(29-5)15-28(22,4)26(21)32-27(31-24)20-12-13-30-17(2)14-20;1-15-13-17(11-12-30-15)26-31-23(18-7-5-6-8-21(18)28)19-9-10-20-16(2)24(33)22(29-4)14-27(20,3)25(19)32-26/h5-11,14-15,17,22H,12-13H2,1-3H3;5-7,9-11,15,17,22H,8,12-14,16H2,1-3H3;6-9,12-15,18,22H,10-11H2,1-4H3;5-8,11-14,16,20H,9-10H2,1-3H3/t17-,22-,31-;17-,22-,28-;18-,22-,28-;16-,20-,27-/m1111/s1. The molecule has 7 aromatic heterocycles. The molecule has 8 aliphatic carbocycles. The fraction of sp³-hybridized carbons (Fsp3) is 0.316. The number of halogens is 3. The van der Waals surface area contributed by atoms with Crippen LogP contribution in [0.3, 0.4) is 0 Å². The zero-order valence-corrected chi connectivity index (χ0v) is 79.2. The number of benzene rings is 5. The number of aryl methyl sites for hydroxylation is 4. The van der Waals surface area contributed by atoms with E-state index in [4.69, 9.17) is 66.2 Å². The summed E-state index contributed by atoms with van der Waals surface area (Å²) in [6, 6.07) is 45.9. The molecule has 24 heteroatoms. The molecule has 0 bridgehead atoms. The lowest BCUT2D eigenvalue weighted by Crippen LogP contribution is -2.46. The van der Waals surface area contributed by atoms with Crippen molar-refractivity contribution in [1.82, 2.24) is 59.7 Å². The van der Waals surface area contributed by atoms with Crippen LogP contribution < -0.4 is 0 Å². The summed E-state index contributed by atoms with van der Waals surface area (Å²) in [5, 5.41) is 0.553. The smallest absolute Gasteiger partial charge is 0.226 e. The summed E-state index contributed by atoms with van der Waals surface area (Å²) in [6.07, 6.45) is 19.6. The predicted octanol–water partition coefficient (Wildman–Crippen LogP) is 22.6. The number of amides is 1. The Kier molecular flexibility index (Phi) is 24.8. The first-order valence-electron chi connectivity index (χ1n) is 46.9. The highest BCUT2D eigenvalue weighted by Gasteiger charge is 2.55. The van der Waals surface area contributed by atoms with E-state index in [1.54, 1.807) is 86.9 Å². The number of hydrogen-bond donors (Lipinski definition) is 0. The Morgan fingerprint density at radius 3 is 1.17 bits per heavy atom. The summed E-state index contributed by atoms with van der Waals surface area (Å²) in [5.41, 5.74) is 18.3. The fourth-order valence-electron chi connectivity index (χ4n) is 23.1. The average Bonchev–Trinajstić information content (AvgIpc) is 0.734. The number of ketones is 4. The normalized spacial score (nSPS) is 24.0. The molecule has 688 valence electrons. The fourth-order valence-corrected chi connectivity index (χ4v) is 23.1. The summed E-state index contributed by atoms with van der Waals surface area (Å²) in [7, 11) is 0. The number of allylic oxidation sites excluding steroid dienone is 8. The van der Waals surface area contributed by atoms with Gasteiger partial charge in [-0.3, -0.25) is 14.8 Å². The number of hydrogen-bond acceptors (Lipinski definition) is 16. The van der Waals surface area contributed by atoms with Gasteiger partial charge in [-0.05, 0) is 170 Å². The lowest BCUT2D eigenvalue weighted by molar-refractivity contribution is -0.128. The molecule has 0 saturated carbocycles. The molecule has 1 aliphatic heterocycles. The number of fused-ring (bicyclic) bond motifs is 13. The van der Waals surface area contributed by atoms with Gasteiger partial charge in [-0.2, -0.15) is 0 Å². The maximum atomic E-state index is 15.2. The molecule has 21 nitrogen and oxygen atoms in total. The van der Waals surface area contributed by atoms with E-state index in [1.165, 1.54) is 23.8 Å². The van der Waals surface area contributed by atoms with E-state index in [2.05, 4.69) is 97.6 Å². The molecule has 1 amide bonds. The SMILES string of the molecule is [C-]#[N+]C1=C[C@@]2(C)c3nc(-c4cc(C)nc5c(F)cccc45)nc(-c4ccccc4F)c3CC[C@@H]2[C@@H](C)C1=O.[C-]#[N+]C1=C[C@@]2(C)c3nc(-c4ccnc(C)c4)nc(-c4ccc(C)cc4)c3CC[C@@H]2[C@@H](C)C1=O.[C-]#[N+]C1=C[C@@]2(C)c3nc(-c4ccnc(C)c4)nc(-c4ccccc4F)c3CC[C@@H]2[C@@H](C)C1=O.[C-]#[N+]C1=C[C@@]2(C)c3nc(C4=CCCN(C(C)=O)C4)nc(-c4ccccc4)c3CC[C@@H]2[C@@H](C)C1=O. The van der Waals surface area contributed by atoms with Gasteiger partial charge in [0.1, 0.15) is 23.0 Å². The molecule has 0 N–H and O–H groups in total. The summed E-state index contributed by atoms with van der Waals surface area (Å²) < 4.78 is 44.9. The minimum absolute atomic E-state index is 0.0124. The molecule has 138 heavy (non-hydrogen) atoms. The highest BCUT2D eigenvalue weighted by molar-refractivity contribution is 6.03. The van der Waals surface area contributed by atoms with E-state index >= 15 is 4.39 Å². The Balaban J connectivity index is 0.000000122. The largest absolute Gasteiger partial charge is 0.338 e. The Bertz CT molecular complexity index is 7500. The van der Waals surface area contributed by atoms with Crippen LogP contribution >= 0.6 is 0 Å². The van der Waals surface area contributed by atoms with Gasteiger partial charge in [0.05, 0.1) is 71.8 Å². The van der Waals surface area contributed by atoms with Crippen molar-refractivity contribution in [2.24, 2.45) is 47.3 Å². The summed E-state index contributed by atoms with van der Waals surface area (Å²) in [4.78, 5) is 132. The molecule has 0 fully saturated rings. The first kappa shape index (κ1) is 93.1. The Morgan fingerprint density at radius 2 is 0.761 bits per heavy atom. The van der Waals surface area contributed by atoms with Gasteiger partial charge in [0.25, 0.3) is 0 Å². The lowest BCUT2D eigenvalue weighted by Gasteiger charge is -2.46. The maximum absolute atomic E-state index is 15.2. The monoisotopic (exact) mass is 1830 g/mol. The topological polar surface area (TPSA) is 248 Å². The van der Waals surface area contributed by atoms with Crippen molar-refractivity contribution < 1.29 is 37.1 Å². The van der Waals surface area contributed by atoms with Gasteiger partial charge in [0.15, 0.2) is 46.4 Å². The molecular weight excluding hydrogens is 1730 g/mol. The van der Waals surface area contributed by atoms with Crippen molar-refractivity contribution >= 4 is 45.5 Å². The number of aromatic nitrogens is 11. The van der Waals surface area contributed by atoms with Gasteiger partial charge in [-0.25, -0.2) is 77.4 Å². The third-order valence-electron chi connectivity index (χ3n) is 30.3. The van der Waals surface area contributed by atoms with Gasteiger partial charge in [0, 0.05) is 167 Å². The van der Waals surface area contributed by atoms with Crippen molar-refractivity contribution in [3.63, 3.8) is 0 Å². The molecule has 12 aromatic rings. The van der Waals surface area contributed by atoms with Gasteiger partial charge in [-0.1, -0.05) is 182 Å². The van der Waals surface area contributed by atoms with Crippen LogP contribution in [-0.4, -0.2) is 102 Å². The van der Waals surface area contributed by atoms with Gasteiger partial charge in [-0.15, -0.1) is 0 Å². The second-order valence-corrected chi connectivity index (χ2v) is 38.7. The van der Waals surface area contributed by atoms with Crippen molar-refractivity contribution in [2.75, 3.05) is 13.1 Å². The Morgan fingerprint density at radius 1 is 0.391 bits per heavy atom. The summed E-state index contributed by atoms with van der Waals surface area (Å²) in [6.45, 7) is 56.8. The summed E-state index contributed by atoms with van der Waals surface area (Å²) in [5.74, 6) is -0.361. The molecule has 21 rings (SSSR count). The number of nitrogens with zero attached hydrogens (tertiary/aromatic N) is 16. The third-order valence-corrected chi connectivity index (χ3v) is 30.3. The van der Waals surface area contributed by atoms with Crippen LogP contribution in [0.2, 0.25) is 0 Å². The summed E-state index contributed by atoms with van der Waals surface area (Å²) >= 11 is 0. The zero-order valence-electron chi connectivity index (χ0n) is 79.2. The first-order valence-corrected chi connectivity index (χ1v) is 46.9. The Hall–Kier alpha value is -15.3. The highest BCUT2D eigenvalue weighted by Crippen LogP contribution is 2.57. The third kappa shape index (κ3) is 16.4. The molecule has 12 atom stereocenters. The van der Waals surface area contributed by atoms with Crippen molar-refractivity contribution in [2.45, 2.75) is 169 Å². The van der Waals surface area contributed by atoms with E-state index in [0.717, 1.165) is 128 Å². The van der Waals surface area contributed by atoms with E-state index in [0.29, 0.717) is 101 Å². The van der Waals surface area contributed by atoms with Crippen LogP contribution in [0.1, 0.15) is 168 Å². The van der Waals surface area contributed by atoms with E-state index < -0.39 is 33.3 Å². The van der Waals surface area contributed by atoms with Crippen molar-refractivity contribution in [3.05, 3.63) is 354 Å². The number of Topliss-reactive ketones (excluding diaryl/α,β-unsaturated/α-hetero) is 4. The van der Waals surface area contributed by atoms with Gasteiger partial charge < -0.3 is 24.1 Å². The molecular formula is C114H101F3N16O5. The van der Waals surface area contributed by atoms with Crippen molar-refractivity contribution in [1.29, 1.82) is 0 Å². The number of para-hydroxylation sites is 1. The highest BCUT2D eigenvalue weighted by atomic mass is 19.1. The van der Waals surface area contributed by atoms with E-state index in [1.807, 2.05) is 121 Å². The second kappa shape index (κ2) is 36.7. The van der Waals surface area contributed by atoms with Crippen LogP contribution in [-0.2, 0) is 71.3 Å². The molecule has 5 aromatic carbocycles. The lowest BCUT2D eigenvalue weighted by atomic mass is 9.58. The predicted molar refractivity (Wildman–Crippen MR) is 523 cm³/mol. The second-order valence-electron chi connectivity index (χ2n) is 38.7. The molecule has 0 unspecified atom stereocenters. The number of carbonyl (C=O) groups is 5. The quantitative estimate of drug-likeness (QED) is 0.128. The zero-order chi connectivity index (χ0) is 97.5. The maximum Gasteiger partial charge on any atom is 0.226 e. The average molecular weight is 1830 g/mol. The van der Waals surface area contributed by atoms with Crippen molar-refractivity contribution in [3.8, 4) is 79.2 Å². The number of carbonyl (C=O) groups excluding carboxylic acids is 5. The van der Waals surface area contributed by atoms with Crippen LogP contribution in [0.4, 0.5) is 13.2 Å². The Labute approximate surface area is 800 Å². The van der Waals surface area contributed by atoms with Crippen LogP contribution in [0.5, 0.6) is 0 Å². The number of rotatable bonds is 8. The first-order chi connectivity index (χ1) is 66.2. The van der Waals surface area contributed by atoms with Gasteiger partial charge >= 0.3 is 0 Å². The van der Waals surface area contributed by atoms with Crippen LogP contribution in [0, 0.1) is 119 Å². The van der Waals surface area contributed by atoms with E-state index in [9.17, 15) is 32.8 Å². The molecule has 8 heterocycles. The van der Waals surface area contributed by atoms with Crippen LogP contribution in [0.25, 0.3) is 115 Å². The minimum Gasteiger partial charge on any atom is -0.338 e.